The fourth-order valence-electron chi connectivity index (χ4n) is 1.59. The molecule has 0 atom stereocenters. The van der Waals surface area contributed by atoms with Gasteiger partial charge < -0.3 is 9.84 Å². The van der Waals surface area contributed by atoms with Crippen LogP contribution < -0.4 is 0 Å². The Labute approximate surface area is 125 Å². The van der Waals surface area contributed by atoms with Gasteiger partial charge in [-0.3, -0.25) is 9.59 Å². The summed E-state index contributed by atoms with van der Waals surface area (Å²) in [6, 6.07) is 0. The summed E-state index contributed by atoms with van der Waals surface area (Å²) in [5.74, 6) is -1.49. The monoisotopic (exact) mass is 324 g/mol. The molecule has 124 valence electrons. The Morgan fingerprint density at radius 3 is 2.19 bits per heavy atom. The van der Waals surface area contributed by atoms with Crippen molar-refractivity contribution in [3.05, 3.63) is 0 Å². The molecule has 8 nitrogen and oxygen atoms in total. The number of hydrogen-bond donors (Lipinski definition) is 1. The van der Waals surface area contributed by atoms with Gasteiger partial charge in [0.2, 0.25) is 0 Å². The number of hydrogen-bond acceptors (Lipinski definition) is 5. The van der Waals surface area contributed by atoms with Gasteiger partial charge in [-0.05, 0) is 5.92 Å². The number of carbonyl (C=O) groups excluding carboxylic acids is 1. The van der Waals surface area contributed by atoms with Gasteiger partial charge in [0.25, 0.3) is 10.2 Å². The minimum Gasteiger partial charge on any atom is -0.481 e. The Hall–Kier alpha value is -1.19. The molecule has 0 amide bonds. The van der Waals surface area contributed by atoms with E-state index in [2.05, 4.69) is 4.74 Å². The molecule has 21 heavy (non-hydrogen) atoms. The molecule has 0 unspecified atom stereocenters. The Kier molecular flexibility index (Phi) is 8.45. The summed E-state index contributed by atoms with van der Waals surface area (Å²) in [7, 11) is -1.24. The van der Waals surface area contributed by atoms with Gasteiger partial charge in [0.15, 0.2) is 0 Å². The first kappa shape index (κ1) is 19.8. The molecule has 0 aliphatic heterocycles. The first-order valence-corrected chi connectivity index (χ1v) is 8.01. The number of esters is 1. The molecule has 9 heteroatoms. The van der Waals surface area contributed by atoms with Gasteiger partial charge in [0.05, 0.1) is 20.0 Å². The molecule has 0 saturated carbocycles. The minimum atomic E-state index is -3.80. The van der Waals surface area contributed by atoms with Gasteiger partial charge in [-0.1, -0.05) is 13.8 Å². The van der Waals surface area contributed by atoms with Crippen LogP contribution in [-0.2, 0) is 24.5 Å². The highest BCUT2D eigenvalue weighted by molar-refractivity contribution is 7.86. The summed E-state index contributed by atoms with van der Waals surface area (Å²) < 4.78 is 31.4. The van der Waals surface area contributed by atoms with Crippen LogP contribution in [0.4, 0.5) is 0 Å². The van der Waals surface area contributed by atoms with Gasteiger partial charge in [-0.15, -0.1) is 0 Å². The molecule has 0 radical (unpaired) electrons. The van der Waals surface area contributed by atoms with E-state index in [0.29, 0.717) is 0 Å². The van der Waals surface area contributed by atoms with Crippen molar-refractivity contribution in [3.63, 3.8) is 0 Å². The quantitative estimate of drug-likeness (QED) is 0.574. The SMILES string of the molecule is COC(=O)CCN(CC(C)C)S(=O)(=O)N(C)CCC(=O)O. The lowest BCUT2D eigenvalue weighted by molar-refractivity contribution is -0.140. The predicted octanol–water partition coefficient (Wildman–Crippen LogP) is 0.159. The number of rotatable bonds is 10. The van der Waals surface area contributed by atoms with Gasteiger partial charge >= 0.3 is 11.9 Å². The first-order chi connectivity index (χ1) is 9.61. The second kappa shape index (κ2) is 8.96. The summed E-state index contributed by atoms with van der Waals surface area (Å²) in [5.41, 5.74) is 0. The fourth-order valence-corrected chi connectivity index (χ4v) is 3.12. The zero-order valence-electron chi connectivity index (χ0n) is 12.9. The number of methoxy groups -OCH3 is 1. The smallest absolute Gasteiger partial charge is 0.306 e. The maximum Gasteiger partial charge on any atom is 0.306 e. The van der Waals surface area contributed by atoms with Gasteiger partial charge in [0, 0.05) is 26.7 Å². The topological polar surface area (TPSA) is 104 Å². The van der Waals surface area contributed by atoms with Crippen LogP contribution in [0.1, 0.15) is 26.7 Å². The van der Waals surface area contributed by atoms with E-state index in [1.54, 1.807) is 0 Å². The van der Waals surface area contributed by atoms with Crippen molar-refractivity contribution < 1.29 is 27.9 Å². The van der Waals surface area contributed by atoms with E-state index in [-0.39, 0.29) is 38.4 Å². The van der Waals surface area contributed by atoms with Crippen molar-refractivity contribution in [1.29, 1.82) is 0 Å². The minimum absolute atomic E-state index is 0.00456. The molecule has 0 saturated heterocycles. The van der Waals surface area contributed by atoms with Crippen LogP contribution in [0.2, 0.25) is 0 Å². The van der Waals surface area contributed by atoms with Crippen molar-refractivity contribution in [2.45, 2.75) is 26.7 Å². The van der Waals surface area contributed by atoms with Crippen LogP contribution in [0, 0.1) is 5.92 Å². The third-order valence-corrected chi connectivity index (χ3v) is 4.68. The third-order valence-electron chi connectivity index (χ3n) is 2.72. The first-order valence-electron chi connectivity index (χ1n) is 6.61. The Morgan fingerprint density at radius 2 is 1.76 bits per heavy atom. The average Bonchev–Trinajstić information content (AvgIpc) is 2.39. The second-order valence-electron chi connectivity index (χ2n) is 5.05. The van der Waals surface area contributed by atoms with E-state index >= 15 is 0 Å². The molecule has 0 heterocycles. The number of aliphatic carboxylic acids is 1. The molecule has 0 aromatic heterocycles. The van der Waals surface area contributed by atoms with E-state index in [9.17, 15) is 18.0 Å². The summed E-state index contributed by atoms with van der Waals surface area (Å²) in [4.78, 5) is 21.7. The van der Waals surface area contributed by atoms with Gasteiger partial charge in [-0.2, -0.15) is 17.0 Å². The van der Waals surface area contributed by atoms with Crippen molar-refractivity contribution in [2.75, 3.05) is 33.8 Å². The summed E-state index contributed by atoms with van der Waals surface area (Å²) in [6.45, 7) is 3.85. The number of carboxylic acid groups (broad SMARTS) is 1. The van der Waals surface area contributed by atoms with Crippen LogP contribution in [0.15, 0.2) is 0 Å². The van der Waals surface area contributed by atoms with Crippen molar-refractivity contribution >= 4 is 22.1 Å². The molecule has 0 rings (SSSR count). The van der Waals surface area contributed by atoms with Crippen molar-refractivity contribution in [2.24, 2.45) is 5.92 Å². The highest BCUT2D eigenvalue weighted by Crippen LogP contribution is 2.11. The Bertz CT molecular complexity index is 449. The zero-order valence-corrected chi connectivity index (χ0v) is 13.7. The average molecular weight is 324 g/mol. The fraction of sp³-hybridized carbons (Fsp3) is 0.833. The molecular formula is C12H24N2O6S. The van der Waals surface area contributed by atoms with E-state index < -0.39 is 22.1 Å². The van der Waals surface area contributed by atoms with E-state index in [4.69, 9.17) is 5.11 Å². The van der Waals surface area contributed by atoms with Gasteiger partial charge in [0.1, 0.15) is 0 Å². The summed E-state index contributed by atoms with van der Waals surface area (Å²) in [6.07, 6.45) is -0.322. The predicted molar refractivity (Wildman–Crippen MR) is 76.8 cm³/mol. The van der Waals surface area contributed by atoms with Crippen molar-refractivity contribution in [1.82, 2.24) is 8.61 Å². The van der Waals surface area contributed by atoms with E-state index in [0.717, 1.165) is 4.31 Å². The number of carbonyl (C=O) groups is 2. The Balaban J connectivity index is 4.92. The molecule has 0 bridgehead atoms. The van der Waals surface area contributed by atoms with Gasteiger partial charge in [-0.25, -0.2) is 0 Å². The molecule has 0 aliphatic rings. The number of carboxylic acids is 1. The lowest BCUT2D eigenvalue weighted by atomic mass is 10.2. The molecule has 0 spiro atoms. The number of nitrogens with zero attached hydrogens (tertiary/aromatic N) is 2. The third kappa shape index (κ3) is 7.39. The van der Waals surface area contributed by atoms with E-state index in [1.807, 2.05) is 13.8 Å². The lowest BCUT2D eigenvalue weighted by Gasteiger charge is -2.28. The van der Waals surface area contributed by atoms with Crippen LogP contribution in [0.25, 0.3) is 0 Å². The molecule has 0 aliphatic carbocycles. The maximum absolute atomic E-state index is 12.4. The lowest BCUT2D eigenvalue weighted by Crippen LogP contribution is -2.45. The van der Waals surface area contributed by atoms with Crippen LogP contribution >= 0.6 is 0 Å². The standard InChI is InChI=1S/C12H24N2O6S/c1-10(2)9-14(8-6-12(17)20-4)21(18,19)13(3)7-5-11(15)16/h10H,5-9H2,1-4H3,(H,15,16). The maximum atomic E-state index is 12.4. The van der Waals surface area contributed by atoms with Crippen LogP contribution in [0.5, 0.6) is 0 Å². The summed E-state index contributed by atoms with van der Waals surface area (Å²) >= 11 is 0. The van der Waals surface area contributed by atoms with Crippen LogP contribution in [-0.4, -0.2) is 67.9 Å². The molecule has 0 aromatic rings. The number of ether oxygens (including phenoxy) is 1. The second-order valence-corrected chi connectivity index (χ2v) is 7.09. The van der Waals surface area contributed by atoms with E-state index in [1.165, 1.54) is 18.5 Å². The normalized spacial score (nSPS) is 12.1. The molecule has 1 N–H and O–H groups in total. The highest BCUT2D eigenvalue weighted by atomic mass is 32.2. The summed E-state index contributed by atoms with van der Waals surface area (Å²) in [5, 5.41) is 8.62. The Morgan fingerprint density at radius 1 is 1.19 bits per heavy atom. The van der Waals surface area contributed by atoms with Crippen LogP contribution in [0.3, 0.4) is 0 Å². The molecular weight excluding hydrogens is 300 g/mol. The molecule has 0 fully saturated rings. The largest absolute Gasteiger partial charge is 0.481 e. The molecule has 0 aromatic carbocycles. The zero-order chi connectivity index (χ0) is 16.6. The highest BCUT2D eigenvalue weighted by Gasteiger charge is 2.28. The van der Waals surface area contributed by atoms with Crippen molar-refractivity contribution in [3.8, 4) is 0 Å².